The van der Waals surface area contributed by atoms with Crippen LogP contribution >= 0.6 is 0 Å². The van der Waals surface area contributed by atoms with Gasteiger partial charge in [0, 0.05) is 42.1 Å². The van der Waals surface area contributed by atoms with Gasteiger partial charge in [0.1, 0.15) is 5.75 Å². The predicted octanol–water partition coefficient (Wildman–Crippen LogP) is 4.89. The number of likely N-dealkylation sites (N-methyl/N-ethyl adjacent to an activating group) is 1. The average Bonchev–Trinajstić information content (AvgIpc) is 3.22. The molecule has 5 heteroatoms. The lowest BCUT2D eigenvalue weighted by molar-refractivity contribution is 0.102. The minimum atomic E-state index is -0.113. The maximum atomic E-state index is 12.5. The Kier molecular flexibility index (Phi) is 7.38. The van der Waals surface area contributed by atoms with Crippen molar-refractivity contribution in [3.05, 3.63) is 54.1 Å². The molecule has 1 amide bonds. The number of ether oxygens (including phenoxy) is 1. The van der Waals surface area contributed by atoms with E-state index in [1.165, 1.54) is 12.1 Å². The molecule has 3 rings (SSSR count). The lowest BCUT2D eigenvalue weighted by Crippen LogP contribution is -2.39. The van der Waals surface area contributed by atoms with Crippen molar-refractivity contribution < 1.29 is 9.53 Å². The molecule has 1 atom stereocenters. The Hall–Kier alpha value is -2.53. The van der Waals surface area contributed by atoms with Gasteiger partial charge in [-0.3, -0.25) is 9.69 Å². The van der Waals surface area contributed by atoms with Crippen LogP contribution in [0.3, 0.4) is 0 Å². The van der Waals surface area contributed by atoms with Gasteiger partial charge in [-0.2, -0.15) is 0 Å². The second-order valence-electron chi connectivity index (χ2n) is 8.88. The molecule has 5 nitrogen and oxygen atoms in total. The molecule has 1 unspecified atom stereocenters. The summed E-state index contributed by atoms with van der Waals surface area (Å²) in [7, 11) is 2.21. The van der Waals surface area contributed by atoms with Crippen LogP contribution in [0.25, 0.3) is 0 Å². The summed E-state index contributed by atoms with van der Waals surface area (Å²) in [6.45, 7) is 11.5. The first-order valence-corrected chi connectivity index (χ1v) is 10.9. The Morgan fingerprint density at radius 2 is 1.77 bits per heavy atom. The van der Waals surface area contributed by atoms with Gasteiger partial charge in [0.2, 0.25) is 0 Å². The maximum absolute atomic E-state index is 12.5. The Balaban J connectivity index is 1.55. The van der Waals surface area contributed by atoms with Crippen molar-refractivity contribution in [3.8, 4) is 5.75 Å². The minimum Gasteiger partial charge on any atom is -0.493 e. The first kappa shape index (κ1) is 22.2. The van der Waals surface area contributed by atoms with Gasteiger partial charge in [0.15, 0.2) is 0 Å². The van der Waals surface area contributed by atoms with Crippen LogP contribution in [-0.2, 0) is 0 Å². The molecule has 0 aromatic heterocycles. The molecule has 30 heavy (non-hydrogen) atoms. The average molecular weight is 410 g/mol. The number of carbonyl (C=O) groups is 1. The van der Waals surface area contributed by atoms with Crippen molar-refractivity contribution in [1.29, 1.82) is 0 Å². The van der Waals surface area contributed by atoms with Crippen molar-refractivity contribution in [2.24, 2.45) is 5.92 Å². The van der Waals surface area contributed by atoms with E-state index in [9.17, 15) is 4.79 Å². The van der Waals surface area contributed by atoms with Gasteiger partial charge >= 0.3 is 0 Å². The van der Waals surface area contributed by atoms with Gasteiger partial charge in [-0.15, -0.1) is 0 Å². The first-order chi connectivity index (χ1) is 14.3. The van der Waals surface area contributed by atoms with Crippen molar-refractivity contribution in [2.75, 3.05) is 37.0 Å². The summed E-state index contributed by atoms with van der Waals surface area (Å²) in [4.78, 5) is 17.4. The van der Waals surface area contributed by atoms with Crippen LogP contribution in [0.4, 0.5) is 11.4 Å². The van der Waals surface area contributed by atoms with Crippen LogP contribution in [0.2, 0.25) is 0 Å². The van der Waals surface area contributed by atoms with E-state index in [4.69, 9.17) is 4.74 Å². The Morgan fingerprint density at radius 3 is 2.37 bits per heavy atom. The molecule has 2 aromatic carbocycles. The highest BCUT2D eigenvalue weighted by Crippen LogP contribution is 2.25. The van der Waals surface area contributed by atoms with Gasteiger partial charge in [0.05, 0.1) is 6.61 Å². The van der Waals surface area contributed by atoms with Crippen LogP contribution < -0.4 is 15.0 Å². The maximum Gasteiger partial charge on any atom is 0.255 e. The third kappa shape index (κ3) is 5.76. The van der Waals surface area contributed by atoms with E-state index in [1.807, 2.05) is 24.3 Å². The number of nitrogens with one attached hydrogen (secondary N) is 1. The molecule has 1 aliphatic rings. The van der Waals surface area contributed by atoms with E-state index in [2.05, 4.69) is 62.0 Å². The highest BCUT2D eigenvalue weighted by molar-refractivity contribution is 6.04. The van der Waals surface area contributed by atoms with Gasteiger partial charge in [0.25, 0.3) is 5.91 Å². The SMILES string of the molecule is CC(C)COc1ccc(C(=O)Nc2ccc(N3CCC(N(C)C(C)C)C3)cc2)cc1. The van der Waals surface area contributed by atoms with Crippen LogP contribution in [0.5, 0.6) is 5.75 Å². The van der Waals surface area contributed by atoms with Crippen molar-refractivity contribution >= 4 is 17.3 Å². The largest absolute Gasteiger partial charge is 0.493 e. The fourth-order valence-electron chi connectivity index (χ4n) is 3.65. The summed E-state index contributed by atoms with van der Waals surface area (Å²) in [5, 5.41) is 2.98. The van der Waals surface area contributed by atoms with Crippen LogP contribution in [-0.4, -0.2) is 49.6 Å². The summed E-state index contributed by atoms with van der Waals surface area (Å²) in [5.74, 6) is 1.15. The summed E-state index contributed by atoms with van der Waals surface area (Å²) >= 11 is 0. The standard InChI is InChI=1S/C25H35N3O2/c1-18(2)17-30-24-12-6-20(7-13-24)25(29)26-21-8-10-22(11-9-21)28-15-14-23(16-28)27(5)19(3)4/h6-13,18-19,23H,14-17H2,1-5H3,(H,26,29). The zero-order chi connectivity index (χ0) is 21.7. The molecule has 0 aliphatic carbocycles. The first-order valence-electron chi connectivity index (χ1n) is 10.9. The Labute approximate surface area is 181 Å². The second-order valence-corrected chi connectivity index (χ2v) is 8.88. The molecule has 1 heterocycles. The molecular weight excluding hydrogens is 374 g/mol. The molecular formula is C25H35N3O2. The van der Waals surface area contributed by atoms with Gasteiger partial charge < -0.3 is 15.0 Å². The molecule has 0 saturated carbocycles. The highest BCUT2D eigenvalue weighted by atomic mass is 16.5. The van der Waals surface area contributed by atoms with E-state index >= 15 is 0 Å². The molecule has 0 bridgehead atoms. The number of rotatable bonds is 8. The van der Waals surface area contributed by atoms with Crippen LogP contribution in [0.15, 0.2) is 48.5 Å². The second kappa shape index (κ2) is 9.98. The van der Waals surface area contributed by atoms with E-state index < -0.39 is 0 Å². The molecule has 162 valence electrons. The number of carbonyl (C=O) groups excluding carboxylic acids is 1. The zero-order valence-electron chi connectivity index (χ0n) is 18.9. The van der Waals surface area contributed by atoms with E-state index in [1.54, 1.807) is 12.1 Å². The zero-order valence-corrected chi connectivity index (χ0v) is 18.9. The van der Waals surface area contributed by atoms with E-state index in [0.717, 1.165) is 24.5 Å². The Bertz CT molecular complexity index is 815. The van der Waals surface area contributed by atoms with Crippen LogP contribution in [0, 0.1) is 5.92 Å². The topological polar surface area (TPSA) is 44.8 Å². The smallest absolute Gasteiger partial charge is 0.255 e. The predicted molar refractivity (Wildman–Crippen MR) is 125 cm³/mol. The van der Waals surface area contributed by atoms with Gasteiger partial charge in [-0.1, -0.05) is 13.8 Å². The van der Waals surface area contributed by atoms with Crippen molar-refractivity contribution in [1.82, 2.24) is 4.90 Å². The van der Waals surface area contributed by atoms with E-state index in [0.29, 0.717) is 30.2 Å². The molecule has 0 spiro atoms. The van der Waals surface area contributed by atoms with E-state index in [-0.39, 0.29) is 5.91 Å². The molecule has 0 radical (unpaired) electrons. The number of amides is 1. The quantitative estimate of drug-likeness (QED) is 0.674. The normalized spacial score (nSPS) is 16.5. The number of hydrogen-bond acceptors (Lipinski definition) is 4. The molecule has 1 N–H and O–H groups in total. The number of hydrogen-bond donors (Lipinski definition) is 1. The van der Waals surface area contributed by atoms with Crippen molar-refractivity contribution in [2.45, 2.75) is 46.2 Å². The molecule has 1 saturated heterocycles. The number of nitrogens with zero attached hydrogens (tertiary/aromatic N) is 2. The number of anilines is 2. The third-order valence-corrected chi connectivity index (χ3v) is 5.74. The molecule has 1 fully saturated rings. The fraction of sp³-hybridized carbons (Fsp3) is 0.480. The summed E-state index contributed by atoms with van der Waals surface area (Å²) in [5.41, 5.74) is 2.63. The van der Waals surface area contributed by atoms with Crippen LogP contribution in [0.1, 0.15) is 44.5 Å². The highest BCUT2D eigenvalue weighted by Gasteiger charge is 2.27. The fourth-order valence-corrected chi connectivity index (χ4v) is 3.65. The van der Waals surface area contributed by atoms with Gasteiger partial charge in [-0.05, 0) is 81.8 Å². The lowest BCUT2D eigenvalue weighted by atomic mass is 10.2. The number of benzene rings is 2. The Morgan fingerprint density at radius 1 is 1.10 bits per heavy atom. The minimum absolute atomic E-state index is 0.113. The monoisotopic (exact) mass is 409 g/mol. The summed E-state index contributed by atoms with van der Waals surface area (Å²) < 4.78 is 5.68. The molecule has 2 aromatic rings. The van der Waals surface area contributed by atoms with Gasteiger partial charge in [-0.25, -0.2) is 0 Å². The summed E-state index contributed by atoms with van der Waals surface area (Å²) in [6.07, 6.45) is 1.18. The lowest BCUT2D eigenvalue weighted by Gasteiger charge is -2.28. The molecule has 1 aliphatic heterocycles. The third-order valence-electron chi connectivity index (χ3n) is 5.74. The van der Waals surface area contributed by atoms with Crippen molar-refractivity contribution in [3.63, 3.8) is 0 Å². The summed E-state index contributed by atoms with van der Waals surface area (Å²) in [6, 6.07) is 16.6.